The van der Waals surface area contributed by atoms with Crippen molar-refractivity contribution in [1.82, 2.24) is 14.7 Å². The molecule has 0 aromatic heterocycles. The minimum absolute atomic E-state index is 0.0138. The topological polar surface area (TPSA) is 250 Å². The van der Waals surface area contributed by atoms with Gasteiger partial charge in [-0.3, -0.25) is 14.4 Å². The Balaban J connectivity index is 0.000000204. The molecule has 3 saturated heterocycles. The first-order chi connectivity index (χ1) is 55.8. The molecule has 0 radical (unpaired) electrons. The Morgan fingerprint density at radius 2 is 0.793 bits per heavy atom. The van der Waals surface area contributed by atoms with Gasteiger partial charge in [-0.15, -0.1) is 0 Å². The number of unbranched alkanes of at least 4 members (excludes halogenated alkanes) is 3. The van der Waals surface area contributed by atoms with Gasteiger partial charge in [0.05, 0.1) is 34.5 Å². The third-order valence-corrected chi connectivity index (χ3v) is 22.5. The molecule has 21 nitrogen and oxygen atoms in total. The molecule has 1 N–H and O–H groups in total. The molecule has 12 rings (SSSR count). The number of fused-ring (bicyclic) bond motifs is 3. The average Bonchev–Trinajstić information content (AvgIpc) is 0.767. The van der Waals surface area contributed by atoms with Crippen molar-refractivity contribution in [3.63, 3.8) is 0 Å². The van der Waals surface area contributed by atoms with Gasteiger partial charge in [-0.1, -0.05) is 128 Å². The summed E-state index contributed by atoms with van der Waals surface area (Å²) in [5.41, 5.74) is 5.20. The van der Waals surface area contributed by atoms with Crippen molar-refractivity contribution in [2.24, 2.45) is 16.2 Å². The van der Waals surface area contributed by atoms with Gasteiger partial charge in [0.1, 0.15) is 42.8 Å². The number of ether oxygens (including phenoxy) is 8. The number of carbonyl (C=O) groups excluding carboxylic acids is 5. The summed E-state index contributed by atoms with van der Waals surface area (Å²) in [6.45, 7) is 12.2. The molecule has 0 saturated carbocycles. The number of carboxylic acids is 1. The summed E-state index contributed by atoms with van der Waals surface area (Å²) >= 11 is 4.25. The molecule has 3 aliphatic heterocycles. The third kappa shape index (κ3) is 27.5. The van der Waals surface area contributed by atoms with Gasteiger partial charge in [-0.05, 0) is 225 Å². The van der Waals surface area contributed by atoms with Crippen LogP contribution in [0.4, 0.5) is 27.6 Å². The Kier molecular flexibility index (Phi) is 36.2. The normalized spacial score (nSPS) is 15.9. The number of allylic oxidation sites excluding steroid dienone is 5. The van der Waals surface area contributed by atoms with Gasteiger partial charge in [0.15, 0.2) is 0 Å². The Morgan fingerprint density at radius 1 is 0.466 bits per heavy atom. The second-order valence-electron chi connectivity index (χ2n) is 29.5. The summed E-state index contributed by atoms with van der Waals surface area (Å²) in [6.07, 6.45) is 19.9. The van der Waals surface area contributed by atoms with Gasteiger partial charge in [-0.25, -0.2) is 14.4 Å². The molecule has 0 bridgehead atoms. The number of piperidine rings is 3. The number of hydrogen-bond donors (Lipinski definition) is 1. The van der Waals surface area contributed by atoms with Gasteiger partial charge in [-0.2, -0.15) is 28.0 Å². The summed E-state index contributed by atoms with van der Waals surface area (Å²) in [5, 5.41) is 8.97. The molecule has 3 spiro atoms. The number of hydrogen-bond acceptors (Lipinski definition) is 17. The van der Waals surface area contributed by atoms with Crippen LogP contribution in [0, 0.1) is 23.2 Å². The van der Waals surface area contributed by atoms with Crippen LogP contribution < -0.4 is 14.2 Å². The quantitative estimate of drug-likeness (QED) is 0.0101. The fraction of sp³-hybridized carbons (Fsp3) is 0.449. The number of aliphatic carboxylic acids is 1. The fourth-order valence-corrected chi connectivity index (χ4v) is 15.7. The van der Waals surface area contributed by atoms with Crippen molar-refractivity contribution in [2.45, 2.75) is 168 Å². The Hall–Kier alpha value is -9.20. The van der Waals surface area contributed by atoms with E-state index in [1.807, 2.05) is 127 Å². The van der Waals surface area contributed by atoms with Crippen molar-refractivity contribution in [2.75, 3.05) is 73.8 Å². The molecule has 0 unspecified atom stereocenters. The number of halogens is 4. The summed E-state index contributed by atoms with van der Waals surface area (Å²) < 4.78 is 110. The molecule has 3 heterocycles. The molecule has 6 aliphatic rings. The van der Waals surface area contributed by atoms with Crippen molar-refractivity contribution in [3.8, 4) is 17.2 Å². The van der Waals surface area contributed by atoms with Crippen LogP contribution >= 0.6 is 13.6 Å². The second-order valence-corrected chi connectivity index (χ2v) is 31.0. The van der Waals surface area contributed by atoms with Gasteiger partial charge in [0.25, 0.3) is 0 Å². The van der Waals surface area contributed by atoms with E-state index in [9.17, 15) is 50.4 Å². The van der Waals surface area contributed by atoms with E-state index >= 15 is 0 Å². The van der Waals surface area contributed by atoms with Gasteiger partial charge < -0.3 is 68.8 Å². The molecule has 3 aliphatic carbocycles. The molecule has 3 fully saturated rings. The maximum absolute atomic E-state index is 13.1. The number of carbonyl (C=O) groups is 6. The molecule has 116 heavy (non-hydrogen) atoms. The van der Waals surface area contributed by atoms with E-state index in [-0.39, 0.29) is 65.9 Å². The van der Waals surface area contributed by atoms with Crippen molar-refractivity contribution < 1.29 is 114 Å². The van der Waals surface area contributed by atoms with E-state index in [0.717, 1.165) is 112 Å². The fourth-order valence-electron chi connectivity index (χ4n) is 15.2. The molecule has 6 aromatic rings. The Labute approximate surface area is 696 Å². The predicted molar refractivity (Wildman–Crippen MR) is 436 cm³/mol. The van der Waals surface area contributed by atoms with Crippen LogP contribution in [0.15, 0.2) is 164 Å². The monoisotopic (exact) mass is 1740 g/mol. The third-order valence-electron chi connectivity index (χ3n) is 21.5. The first-order valence-electron chi connectivity index (χ1n) is 39.5. The van der Waals surface area contributed by atoms with E-state index in [2.05, 4.69) is 65.9 Å². The van der Waals surface area contributed by atoms with Gasteiger partial charge >= 0.3 is 81.8 Å². The predicted octanol–water partition coefficient (Wildman–Crippen LogP) is 19.2. The number of alkyl halides is 3. The van der Waals surface area contributed by atoms with E-state index in [4.69, 9.17) is 38.3 Å². The summed E-state index contributed by atoms with van der Waals surface area (Å²) in [7, 11) is -1.10. The van der Waals surface area contributed by atoms with Crippen molar-refractivity contribution in [1.29, 1.82) is 0 Å². The van der Waals surface area contributed by atoms with Gasteiger partial charge in [0.2, 0.25) is 0 Å². The molecule has 6 aromatic carbocycles. The van der Waals surface area contributed by atoms with E-state index in [0.29, 0.717) is 109 Å². The first-order valence-corrected chi connectivity index (χ1v) is 47.8. The van der Waals surface area contributed by atoms with Crippen LogP contribution in [0.3, 0.4) is 0 Å². The molecule has 0 atom stereocenters. The number of rotatable bonds is 26. The van der Waals surface area contributed by atoms with Crippen molar-refractivity contribution in [3.05, 3.63) is 221 Å². The van der Waals surface area contributed by atoms with Crippen LogP contribution in [0.5, 0.6) is 17.2 Å². The van der Waals surface area contributed by atoms with E-state index in [1.54, 1.807) is 31.3 Å². The van der Waals surface area contributed by atoms with E-state index in [1.165, 1.54) is 69.0 Å². The molecular weight excluding hydrogens is 1630 g/mol. The van der Waals surface area contributed by atoms with Crippen LogP contribution in [0.1, 0.15) is 173 Å². The first kappa shape index (κ1) is 92.3. The second kappa shape index (κ2) is 45.5. The summed E-state index contributed by atoms with van der Waals surface area (Å²) in [6, 6.07) is 46.2. The number of likely N-dealkylation sites (tertiary alicyclic amines) is 3. The van der Waals surface area contributed by atoms with Crippen LogP contribution in [-0.2, 0) is 108 Å². The van der Waals surface area contributed by atoms with Crippen LogP contribution in [0.25, 0.3) is 16.9 Å². The molecular formula is C89H107BrF3N3O18SZn. The standard InChI is InChI=1S/C30H37NO5.C28H33NO5.C24H24F3NO6S.C7H13O2.BrH.Zn/c1-3-35-28(32)12-8-7-11-24-20-30(21-25-13-14-26(34-2)19-27(24)25)15-17-31(18-16-30)29(33)36-22-23-9-5-4-6-10-23;1-33-24-12-11-23-19-28(18-22(25(23)17-24)9-5-6-10-26(30)31)13-15-29(16-14-28)27(32)34-20-21-7-3-2-4-8-21;1-32-19-8-7-18-14-23(15-21(20(18)13-19)34-35(30,31)24(25,26)27)9-11-28(12-10-23)22(29)33-16-17-5-3-2-4-6-17;1-3-5-6-7(8)9-4-2;;/h4-6,9-10,13-14,19-20H,3,7-8,11-12,15-18,21-22H2,1-2H3;2-4,7-8,11-12,17-18H,5-6,9-10,13-16,19-20H2,1H3,(H,30,31);2-8,13,15H,9-12,14,16H2,1H3;1,3-6H2,2H3;1H;/q;;;-1;;+2/p-1. The molecule has 27 heteroatoms. The number of nitrogens with zero attached hydrogens (tertiary/aromatic N) is 3. The van der Waals surface area contributed by atoms with Crippen LogP contribution in [-0.4, -0.2) is 144 Å². The molecule has 622 valence electrons. The summed E-state index contributed by atoms with van der Waals surface area (Å²) in [5.74, 6) is 0.682. The zero-order chi connectivity index (χ0) is 83.7. The minimum atomic E-state index is -5.87. The SMILES string of the molecule is CCOC(=O)CCCCC1=CC2(CCN(C(=O)OCc3ccccc3)CC2)Cc2ccc(OC)cc21.COc1ccc2c(c1)C(CCCCC(=O)O)=CC1(CCN(C(=O)OCc3ccccc3)CC1)C2.COc1ccc2c(c1)C(OS(=O)(=O)C(F)(F)F)=CC1(CCN(C(=O)OCc3ccccc3)CC1)C2.[CH2-]CCCC(=O)OCC.[Zn+][Br]. The molecule has 3 amide bonds. The number of esters is 2. The Bertz CT molecular complexity index is 4410. The van der Waals surface area contributed by atoms with Crippen molar-refractivity contribution >= 4 is 76.8 Å². The van der Waals surface area contributed by atoms with Crippen LogP contribution in [0.2, 0.25) is 0 Å². The van der Waals surface area contributed by atoms with E-state index < -0.39 is 33.1 Å². The number of carboxylic acid groups (broad SMARTS) is 1. The zero-order valence-corrected chi connectivity index (χ0v) is 72.4. The Morgan fingerprint density at radius 3 is 1.12 bits per heavy atom. The number of methoxy groups -OCH3 is 3. The summed E-state index contributed by atoms with van der Waals surface area (Å²) in [4.78, 5) is 76.2. The number of benzene rings is 6. The average molecular weight is 1740 g/mol. The number of amides is 3. The van der Waals surface area contributed by atoms with Gasteiger partial charge in [0, 0.05) is 64.1 Å². The zero-order valence-electron chi connectivity index (χ0n) is 67.1. The maximum atomic E-state index is 13.1.